The van der Waals surface area contributed by atoms with Gasteiger partial charge in [-0.15, -0.1) is 0 Å². The number of aliphatic hydroxyl groups is 1. The first kappa shape index (κ1) is 18.6. The lowest BCUT2D eigenvalue weighted by Gasteiger charge is -2.36. The van der Waals surface area contributed by atoms with Gasteiger partial charge >= 0.3 is 0 Å². The van der Waals surface area contributed by atoms with Crippen LogP contribution in [0.5, 0.6) is 0 Å². The normalized spacial score (nSPS) is 24.8. The van der Waals surface area contributed by atoms with Crippen LogP contribution in [0.15, 0.2) is 60.7 Å². The third-order valence-corrected chi connectivity index (χ3v) is 5.66. The quantitative estimate of drug-likeness (QED) is 0.613. The Labute approximate surface area is 156 Å². The maximum atomic E-state index is 10.1. The lowest BCUT2D eigenvalue weighted by Crippen LogP contribution is -2.46. The van der Waals surface area contributed by atoms with Gasteiger partial charge in [-0.3, -0.25) is 10.3 Å². The van der Waals surface area contributed by atoms with Crippen molar-refractivity contribution in [3.8, 4) is 0 Å². The molecule has 1 unspecified atom stereocenters. The molecule has 1 aliphatic rings. The fourth-order valence-corrected chi connectivity index (χ4v) is 4.33. The molecule has 0 aromatic heterocycles. The third kappa shape index (κ3) is 3.27. The van der Waals surface area contributed by atoms with Crippen molar-refractivity contribution in [2.75, 3.05) is 13.7 Å². The van der Waals surface area contributed by atoms with Crippen LogP contribution in [0.2, 0.25) is 0 Å². The van der Waals surface area contributed by atoms with E-state index in [9.17, 15) is 5.11 Å². The minimum Gasteiger partial charge on any atom is -0.396 e. The Morgan fingerprint density at radius 1 is 0.962 bits per heavy atom. The summed E-state index contributed by atoms with van der Waals surface area (Å²) in [6.45, 7) is 4.40. The Balaban J connectivity index is 2.12. The molecule has 4 nitrogen and oxygen atoms in total. The highest BCUT2D eigenvalue weighted by molar-refractivity contribution is 5.55. The number of nitrogens with zero attached hydrogens (tertiary/aromatic N) is 2. The Morgan fingerprint density at radius 2 is 1.46 bits per heavy atom. The van der Waals surface area contributed by atoms with Crippen LogP contribution in [-0.2, 0) is 0 Å². The van der Waals surface area contributed by atoms with Crippen LogP contribution in [0.4, 0.5) is 0 Å². The minimum atomic E-state index is -0.0205. The van der Waals surface area contributed by atoms with E-state index in [1.807, 2.05) is 12.1 Å². The number of aliphatic hydroxyl groups excluding tert-OH is 1. The molecule has 0 amide bonds. The predicted octanol–water partition coefficient (Wildman–Crippen LogP) is 3.91. The number of rotatable bonds is 6. The SMILES string of the molecule is CC(C)[C@@H](CO)C1N(C)[C@@H](c2ccccc2)[C@H](c2ccccc2)N1C=N. The standard InChI is InChI=1S/C22H29N3O/c1-16(2)19(14-26)22-24(3)20(17-10-6-4-7-11-17)21(25(22)15-23)18-12-8-5-9-13-18/h4-13,15-16,19-23,26H,14H2,1-3H3/t19-,20+,21+,22?/m1/s1. The highest BCUT2D eigenvalue weighted by atomic mass is 16.3. The van der Waals surface area contributed by atoms with Crippen LogP contribution in [-0.4, -0.2) is 41.1 Å². The molecule has 0 spiro atoms. The van der Waals surface area contributed by atoms with Gasteiger partial charge in [-0.05, 0) is 24.1 Å². The van der Waals surface area contributed by atoms with Crippen molar-refractivity contribution in [3.05, 3.63) is 71.8 Å². The molecule has 1 saturated heterocycles. The molecule has 26 heavy (non-hydrogen) atoms. The van der Waals surface area contributed by atoms with Gasteiger partial charge in [-0.1, -0.05) is 74.5 Å². The summed E-state index contributed by atoms with van der Waals surface area (Å²) in [4.78, 5) is 4.45. The van der Waals surface area contributed by atoms with E-state index in [1.165, 1.54) is 17.5 Å². The monoisotopic (exact) mass is 351 g/mol. The first-order valence-corrected chi connectivity index (χ1v) is 9.30. The summed E-state index contributed by atoms with van der Waals surface area (Å²) in [6.07, 6.45) is 1.43. The number of benzene rings is 2. The second-order valence-electron chi connectivity index (χ2n) is 7.46. The zero-order valence-electron chi connectivity index (χ0n) is 15.8. The Kier molecular flexibility index (Phi) is 5.74. The van der Waals surface area contributed by atoms with Crippen LogP contribution >= 0.6 is 0 Å². The lowest BCUT2D eigenvalue weighted by atomic mass is 9.92. The molecular formula is C22H29N3O. The molecule has 1 fully saturated rings. The van der Waals surface area contributed by atoms with E-state index >= 15 is 0 Å². The van der Waals surface area contributed by atoms with E-state index in [-0.39, 0.29) is 30.8 Å². The Hall–Kier alpha value is -2.17. The average Bonchev–Trinajstić information content (AvgIpc) is 2.96. The van der Waals surface area contributed by atoms with E-state index in [2.05, 4.69) is 79.2 Å². The summed E-state index contributed by atoms with van der Waals surface area (Å²) in [7, 11) is 2.12. The van der Waals surface area contributed by atoms with E-state index in [0.29, 0.717) is 5.92 Å². The molecule has 2 N–H and O–H groups in total. The fourth-order valence-electron chi connectivity index (χ4n) is 4.33. The molecule has 0 saturated carbocycles. The van der Waals surface area contributed by atoms with Crippen molar-refractivity contribution in [1.29, 1.82) is 5.41 Å². The first-order valence-electron chi connectivity index (χ1n) is 9.30. The van der Waals surface area contributed by atoms with Gasteiger partial charge in [0.25, 0.3) is 0 Å². The first-order chi connectivity index (χ1) is 12.6. The van der Waals surface area contributed by atoms with E-state index in [1.54, 1.807) is 0 Å². The van der Waals surface area contributed by atoms with Crippen molar-refractivity contribution in [2.45, 2.75) is 32.1 Å². The summed E-state index contributed by atoms with van der Waals surface area (Å²) < 4.78 is 0. The van der Waals surface area contributed by atoms with Crippen molar-refractivity contribution < 1.29 is 5.11 Å². The van der Waals surface area contributed by atoms with Gasteiger partial charge in [0.05, 0.1) is 24.6 Å². The van der Waals surface area contributed by atoms with Crippen molar-refractivity contribution in [1.82, 2.24) is 9.80 Å². The second-order valence-corrected chi connectivity index (χ2v) is 7.46. The zero-order valence-corrected chi connectivity index (χ0v) is 15.8. The van der Waals surface area contributed by atoms with Gasteiger partial charge in [-0.2, -0.15) is 0 Å². The van der Waals surface area contributed by atoms with Crippen LogP contribution < -0.4 is 0 Å². The Bertz CT molecular complexity index is 704. The molecule has 3 rings (SSSR count). The van der Waals surface area contributed by atoms with Gasteiger partial charge in [-0.25, -0.2) is 0 Å². The number of likely N-dealkylation sites (N-methyl/N-ethyl adjacent to an activating group) is 1. The number of hydrogen-bond acceptors (Lipinski definition) is 3. The predicted molar refractivity (Wildman–Crippen MR) is 106 cm³/mol. The van der Waals surface area contributed by atoms with Crippen LogP contribution in [0.25, 0.3) is 0 Å². The molecule has 0 aliphatic carbocycles. The number of nitrogens with one attached hydrogen (secondary N) is 1. The zero-order chi connectivity index (χ0) is 18.7. The van der Waals surface area contributed by atoms with Gasteiger partial charge < -0.3 is 10.0 Å². The van der Waals surface area contributed by atoms with E-state index in [4.69, 9.17) is 5.41 Å². The van der Waals surface area contributed by atoms with Crippen molar-refractivity contribution in [3.63, 3.8) is 0 Å². The number of hydrogen-bond donors (Lipinski definition) is 2. The molecule has 138 valence electrons. The second kappa shape index (κ2) is 8.02. The molecule has 4 heteroatoms. The molecule has 1 heterocycles. The van der Waals surface area contributed by atoms with Crippen molar-refractivity contribution in [2.24, 2.45) is 11.8 Å². The molecule has 0 bridgehead atoms. The van der Waals surface area contributed by atoms with E-state index in [0.717, 1.165) is 0 Å². The molecule has 2 aromatic carbocycles. The largest absolute Gasteiger partial charge is 0.396 e. The maximum Gasteiger partial charge on any atom is 0.0892 e. The lowest BCUT2D eigenvalue weighted by molar-refractivity contribution is 0.0538. The Morgan fingerprint density at radius 3 is 1.88 bits per heavy atom. The van der Waals surface area contributed by atoms with E-state index < -0.39 is 0 Å². The molecular weight excluding hydrogens is 322 g/mol. The summed E-state index contributed by atoms with van der Waals surface area (Å²) in [5, 5.41) is 18.2. The topological polar surface area (TPSA) is 50.6 Å². The molecule has 0 radical (unpaired) electrons. The van der Waals surface area contributed by atoms with Crippen LogP contribution in [0.1, 0.15) is 37.1 Å². The van der Waals surface area contributed by atoms with Gasteiger partial charge in [0, 0.05) is 12.5 Å². The van der Waals surface area contributed by atoms with Gasteiger partial charge in [0.2, 0.25) is 0 Å². The van der Waals surface area contributed by atoms with Crippen molar-refractivity contribution >= 4 is 6.34 Å². The summed E-state index contributed by atoms with van der Waals surface area (Å²) >= 11 is 0. The van der Waals surface area contributed by atoms with Crippen LogP contribution in [0, 0.1) is 17.2 Å². The molecule has 4 atom stereocenters. The minimum absolute atomic E-state index is 0.0205. The summed E-state index contributed by atoms with van der Waals surface area (Å²) in [6, 6.07) is 21.1. The highest BCUT2D eigenvalue weighted by Crippen LogP contribution is 2.47. The molecule has 1 aliphatic heterocycles. The third-order valence-electron chi connectivity index (χ3n) is 5.66. The molecule has 2 aromatic rings. The van der Waals surface area contributed by atoms with Gasteiger partial charge in [0.1, 0.15) is 0 Å². The van der Waals surface area contributed by atoms with Crippen LogP contribution in [0.3, 0.4) is 0 Å². The average molecular weight is 351 g/mol. The highest BCUT2D eigenvalue weighted by Gasteiger charge is 2.48. The maximum absolute atomic E-state index is 10.1. The summed E-state index contributed by atoms with van der Waals surface area (Å²) in [5.74, 6) is 0.391. The smallest absolute Gasteiger partial charge is 0.0892 e. The summed E-state index contributed by atoms with van der Waals surface area (Å²) in [5.41, 5.74) is 2.43. The fraction of sp³-hybridized carbons (Fsp3) is 0.409. The van der Waals surface area contributed by atoms with Gasteiger partial charge in [0.15, 0.2) is 0 Å².